The van der Waals surface area contributed by atoms with E-state index in [1.165, 1.54) is 18.2 Å². The zero-order valence-electron chi connectivity index (χ0n) is 10.6. The number of aliphatic hydroxyl groups is 3. The fraction of sp³-hybridized carbons (Fsp3) is 0.455. The number of nitro groups is 1. The van der Waals surface area contributed by atoms with E-state index in [-0.39, 0.29) is 23.3 Å². The third kappa shape index (κ3) is 2.14. The first-order valence-electron chi connectivity index (χ1n) is 6.15. The maximum atomic E-state index is 10.9. The first-order valence-corrected chi connectivity index (χ1v) is 6.15. The molecule has 1 fully saturated rings. The molecule has 0 saturated carbocycles. The molecule has 21 heavy (non-hydrogen) atoms. The number of ether oxygens (including phenoxy) is 1. The number of rotatable bonds is 2. The highest BCUT2D eigenvalue weighted by Crippen LogP contribution is 2.29. The van der Waals surface area contributed by atoms with Crippen molar-refractivity contribution in [1.29, 1.82) is 0 Å². The number of non-ortho nitro benzene ring substituents is 1. The van der Waals surface area contributed by atoms with Crippen LogP contribution in [0.1, 0.15) is 6.23 Å². The Labute approximate surface area is 117 Å². The second-order valence-electron chi connectivity index (χ2n) is 4.71. The molecule has 0 bridgehead atoms. The Morgan fingerprint density at radius 1 is 1.33 bits per heavy atom. The van der Waals surface area contributed by atoms with E-state index in [1.807, 2.05) is 0 Å². The number of nitrogens with zero attached hydrogens (tertiary/aromatic N) is 4. The molecule has 3 N–H and O–H groups in total. The second kappa shape index (κ2) is 5.00. The molecule has 3 rings (SSSR count). The summed E-state index contributed by atoms with van der Waals surface area (Å²) in [6.07, 6.45) is -5.13. The standard InChI is InChI=1S/C11H12N4O6/c16-7-4-21-11(10(18)9(7)17)14-5-2-1-3-6(15(19)20)8(5)12-13-14/h1-3,7,9-11,16-18H,4H2/t7-,9-,10+,11+/m1/s1. The molecule has 0 spiro atoms. The van der Waals surface area contributed by atoms with E-state index >= 15 is 0 Å². The zero-order chi connectivity index (χ0) is 15.1. The lowest BCUT2D eigenvalue weighted by Crippen LogP contribution is -2.50. The molecule has 2 heterocycles. The summed E-state index contributed by atoms with van der Waals surface area (Å²) in [5.74, 6) is 0. The van der Waals surface area contributed by atoms with Crippen LogP contribution in [0.25, 0.3) is 11.0 Å². The smallest absolute Gasteiger partial charge is 0.299 e. The number of fused-ring (bicyclic) bond motifs is 1. The Morgan fingerprint density at radius 3 is 2.81 bits per heavy atom. The maximum absolute atomic E-state index is 10.9. The van der Waals surface area contributed by atoms with Crippen LogP contribution in [0.4, 0.5) is 5.69 Å². The first-order chi connectivity index (χ1) is 10.0. The molecule has 2 aromatic rings. The van der Waals surface area contributed by atoms with Crippen molar-refractivity contribution in [3.63, 3.8) is 0 Å². The Kier molecular flexibility index (Phi) is 3.29. The third-order valence-electron chi connectivity index (χ3n) is 3.39. The minimum absolute atomic E-state index is 0.0545. The van der Waals surface area contributed by atoms with Crippen molar-refractivity contribution in [2.24, 2.45) is 0 Å². The molecule has 4 atom stereocenters. The lowest BCUT2D eigenvalue weighted by molar-refractivity contribution is -0.383. The summed E-state index contributed by atoms with van der Waals surface area (Å²) >= 11 is 0. The van der Waals surface area contributed by atoms with Gasteiger partial charge in [-0.05, 0) is 6.07 Å². The topological polar surface area (TPSA) is 144 Å². The van der Waals surface area contributed by atoms with Crippen LogP contribution in [0.5, 0.6) is 0 Å². The molecule has 1 aliphatic rings. The van der Waals surface area contributed by atoms with Gasteiger partial charge in [0, 0.05) is 6.07 Å². The largest absolute Gasteiger partial charge is 0.388 e. The average molecular weight is 296 g/mol. The van der Waals surface area contributed by atoms with Crippen LogP contribution in [0.15, 0.2) is 18.2 Å². The van der Waals surface area contributed by atoms with Crippen LogP contribution in [0.3, 0.4) is 0 Å². The summed E-state index contributed by atoms with van der Waals surface area (Å²) in [5.41, 5.74) is 0.125. The van der Waals surface area contributed by atoms with Crippen molar-refractivity contribution in [1.82, 2.24) is 15.0 Å². The SMILES string of the molecule is O=[N+]([O-])c1cccc2c1nnn2[C@H]1OC[C@@H](O)[C@@H](O)[C@@H]1O. The summed E-state index contributed by atoms with van der Waals surface area (Å²) in [6, 6.07) is 4.29. The minimum Gasteiger partial charge on any atom is -0.388 e. The van der Waals surface area contributed by atoms with Gasteiger partial charge >= 0.3 is 0 Å². The van der Waals surface area contributed by atoms with Crippen LogP contribution in [-0.4, -0.2) is 60.2 Å². The summed E-state index contributed by atoms with van der Waals surface area (Å²) in [7, 11) is 0. The quantitative estimate of drug-likeness (QED) is 0.470. The monoisotopic (exact) mass is 296 g/mol. The lowest BCUT2D eigenvalue weighted by Gasteiger charge is -2.34. The van der Waals surface area contributed by atoms with Crippen LogP contribution in [0, 0.1) is 10.1 Å². The highest BCUT2D eigenvalue weighted by Gasteiger charge is 2.40. The molecule has 10 heteroatoms. The van der Waals surface area contributed by atoms with Gasteiger partial charge in [-0.1, -0.05) is 11.3 Å². The molecule has 0 radical (unpaired) electrons. The molecule has 112 valence electrons. The Morgan fingerprint density at radius 2 is 2.10 bits per heavy atom. The van der Waals surface area contributed by atoms with Gasteiger partial charge in [0.15, 0.2) is 11.7 Å². The van der Waals surface area contributed by atoms with Gasteiger partial charge in [0.2, 0.25) is 0 Å². The van der Waals surface area contributed by atoms with E-state index in [9.17, 15) is 25.4 Å². The maximum Gasteiger partial charge on any atom is 0.299 e. The lowest BCUT2D eigenvalue weighted by atomic mass is 10.0. The number of benzene rings is 1. The normalized spacial score (nSPS) is 29.7. The van der Waals surface area contributed by atoms with E-state index in [0.717, 1.165) is 4.68 Å². The molecule has 1 aromatic heterocycles. The van der Waals surface area contributed by atoms with Crippen molar-refractivity contribution in [3.8, 4) is 0 Å². The third-order valence-corrected chi connectivity index (χ3v) is 3.39. The number of hydrogen-bond acceptors (Lipinski definition) is 8. The molecule has 1 saturated heterocycles. The minimum atomic E-state index is -1.43. The van der Waals surface area contributed by atoms with Gasteiger partial charge in [0.25, 0.3) is 5.69 Å². The Balaban J connectivity index is 2.06. The predicted molar refractivity (Wildman–Crippen MR) is 67.2 cm³/mol. The highest BCUT2D eigenvalue weighted by molar-refractivity contribution is 5.83. The van der Waals surface area contributed by atoms with Gasteiger partial charge in [0.1, 0.15) is 18.3 Å². The molecule has 0 unspecified atom stereocenters. The van der Waals surface area contributed by atoms with E-state index in [2.05, 4.69) is 10.3 Å². The van der Waals surface area contributed by atoms with E-state index in [0.29, 0.717) is 0 Å². The number of aromatic nitrogens is 3. The molecule has 0 aliphatic carbocycles. The van der Waals surface area contributed by atoms with Gasteiger partial charge in [0.05, 0.1) is 17.0 Å². The van der Waals surface area contributed by atoms with Crippen LogP contribution < -0.4 is 0 Å². The van der Waals surface area contributed by atoms with Crippen LogP contribution in [0.2, 0.25) is 0 Å². The summed E-state index contributed by atoms with van der Waals surface area (Å²) < 4.78 is 6.41. The Bertz CT molecular complexity index is 688. The molecule has 1 aliphatic heterocycles. The fourth-order valence-electron chi connectivity index (χ4n) is 2.29. The van der Waals surface area contributed by atoms with Gasteiger partial charge < -0.3 is 20.1 Å². The number of aliphatic hydroxyl groups excluding tert-OH is 3. The average Bonchev–Trinajstić information content (AvgIpc) is 2.88. The predicted octanol–water partition coefficient (Wildman–Crippen LogP) is -1.05. The summed E-state index contributed by atoms with van der Waals surface area (Å²) in [4.78, 5) is 10.3. The van der Waals surface area contributed by atoms with Crippen LogP contribution in [-0.2, 0) is 4.74 Å². The Hall–Kier alpha value is -2.14. The highest BCUT2D eigenvalue weighted by atomic mass is 16.6. The van der Waals surface area contributed by atoms with Gasteiger partial charge in [-0.15, -0.1) is 5.10 Å². The van der Waals surface area contributed by atoms with E-state index in [4.69, 9.17) is 4.74 Å². The molecule has 0 amide bonds. The molecule has 10 nitrogen and oxygen atoms in total. The summed E-state index contributed by atoms with van der Waals surface area (Å²) in [5, 5.41) is 47.5. The van der Waals surface area contributed by atoms with Crippen molar-refractivity contribution < 1.29 is 25.0 Å². The van der Waals surface area contributed by atoms with Crippen molar-refractivity contribution >= 4 is 16.7 Å². The van der Waals surface area contributed by atoms with Crippen molar-refractivity contribution in [2.45, 2.75) is 24.5 Å². The molecular weight excluding hydrogens is 284 g/mol. The zero-order valence-corrected chi connectivity index (χ0v) is 10.6. The molecule has 1 aromatic carbocycles. The first kappa shape index (κ1) is 13.8. The van der Waals surface area contributed by atoms with E-state index in [1.54, 1.807) is 0 Å². The van der Waals surface area contributed by atoms with Gasteiger partial charge in [-0.3, -0.25) is 10.1 Å². The molecular formula is C11H12N4O6. The number of nitro benzene ring substituents is 1. The van der Waals surface area contributed by atoms with E-state index < -0.39 is 29.5 Å². The van der Waals surface area contributed by atoms with Crippen LogP contribution >= 0.6 is 0 Å². The van der Waals surface area contributed by atoms with Crippen molar-refractivity contribution in [2.75, 3.05) is 6.61 Å². The van der Waals surface area contributed by atoms with Gasteiger partial charge in [-0.25, -0.2) is 4.68 Å². The van der Waals surface area contributed by atoms with Gasteiger partial charge in [-0.2, -0.15) is 0 Å². The fourth-order valence-corrected chi connectivity index (χ4v) is 2.29. The van der Waals surface area contributed by atoms with Crippen molar-refractivity contribution in [3.05, 3.63) is 28.3 Å². The summed E-state index contributed by atoms with van der Waals surface area (Å²) in [6.45, 7) is -0.195. The number of hydrogen-bond donors (Lipinski definition) is 3. The second-order valence-corrected chi connectivity index (χ2v) is 4.71.